The van der Waals surface area contributed by atoms with Gasteiger partial charge in [0.2, 0.25) is 0 Å². The number of methoxy groups -OCH3 is 1. The number of aromatic amines is 1. The first kappa shape index (κ1) is 20.4. The van der Waals surface area contributed by atoms with Gasteiger partial charge in [-0.15, -0.1) is 0 Å². The summed E-state index contributed by atoms with van der Waals surface area (Å²) in [4.78, 5) is 30.8. The Hall–Kier alpha value is -3.86. The lowest BCUT2D eigenvalue weighted by atomic mass is 10.1. The molecule has 0 aliphatic carbocycles. The van der Waals surface area contributed by atoms with E-state index < -0.39 is 0 Å². The van der Waals surface area contributed by atoms with Gasteiger partial charge in [-0.1, -0.05) is 29.3 Å². The molecule has 1 aromatic heterocycles. The smallest absolute Gasteiger partial charge is 0.258 e. The van der Waals surface area contributed by atoms with Gasteiger partial charge < -0.3 is 14.6 Å². The Kier molecular flexibility index (Phi) is 5.58. The first-order chi connectivity index (χ1) is 14.9. The summed E-state index contributed by atoms with van der Waals surface area (Å²) in [5, 5.41) is 0.937. The van der Waals surface area contributed by atoms with Crippen LogP contribution in [0.25, 0.3) is 10.9 Å². The Morgan fingerprint density at radius 2 is 1.58 bits per heavy atom. The van der Waals surface area contributed by atoms with Crippen LogP contribution in [0.1, 0.15) is 27.0 Å². The van der Waals surface area contributed by atoms with Gasteiger partial charge in [-0.05, 0) is 73.8 Å². The maximum Gasteiger partial charge on any atom is 0.258 e. The molecule has 0 saturated carbocycles. The molecule has 5 heteroatoms. The number of pyridine rings is 1. The van der Waals surface area contributed by atoms with Crippen molar-refractivity contribution in [3.8, 4) is 5.75 Å². The molecule has 0 atom stereocenters. The second-order valence-corrected chi connectivity index (χ2v) is 7.67. The zero-order valence-electron chi connectivity index (χ0n) is 17.8. The summed E-state index contributed by atoms with van der Waals surface area (Å²) in [5.41, 5.74) is 4.54. The SMILES string of the molecule is COc1ccc(N(Cc2cc3cc(C)ccc3[nH]c2=O)C(=O)c2ccc(C)cc2)cc1. The number of benzene rings is 3. The summed E-state index contributed by atoms with van der Waals surface area (Å²) in [6.45, 7) is 4.14. The van der Waals surface area contributed by atoms with E-state index in [0.717, 1.165) is 22.0 Å². The fourth-order valence-electron chi connectivity index (χ4n) is 3.55. The molecule has 0 fully saturated rings. The number of fused-ring (bicyclic) bond motifs is 1. The number of carbonyl (C=O) groups excluding carboxylic acids is 1. The van der Waals surface area contributed by atoms with Crippen LogP contribution in [0.4, 0.5) is 5.69 Å². The molecule has 1 heterocycles. The standard InChI is InChI=1S/C26H24N2O3/c1-17-4-7-19(8-5-17)26(30)28(22-9-11-23(31-3)12-10-22)16-21-15-20-14-18(2)6-13-24(20)27-25(21)29/h4-15H,16H2,1-3H3,(H,27,29). The van der Waals surface area contributed by atoms with Gasteiger partial charge in [-0.25, -0.2) is 0 Å². The fraction of sp³-hybridized carbons (Fsp3) is 0.154. The molecule has 0 spiro atoms. The van der Waals surface area contributed by atoms with Gasteiger partial charge in [0.15, 0.2) is 0 Å². The Labute approximate surface area is 180 Å². The Morgan fingerprint density at radius 3 is 2.26 bits per heavy atom. The highest BCUT2D eigenvalue weighted by molar-refractivity contribution is 6.06. The monoisotopic (exact) mass is 412 g/mol. The summed E-state index contributed by atoms with van der Waals surface area (Å²) in [6.07, 6.45) is 0. The van der Waals surface area contributed by atoms with Crippen molar-refractivity contribution >= 4 is 22.5 Å². The molecule has 1 amide bonds. The third kappa shape index (κ3) is 4.36. The average Bonchev–Trinajstić information content (AvgIpc) is 2.78. The third-order valence-corrected chi connectivity index (χ3v) is 5.33. The molecule has 156 valence electrons. The average molecular weight is 412 g/mol. The lowest BCUT2D eigenvalue weighted by molar-refractivity contribution is 0.0985. The van der Waals surface area contributed by atoms with Crippen LogP contribution in [0.5, 0.6) is 5.75 Å². The summed E-state index contributed by atoms with van der Waals surface area (Å²) in [5.74, 6) is 0.527. The van der Waals surface area contributed by atoms with E-state index >= 15 is 0 Å². The highest BCUT2D eigenvalue weighted by Gasteiger charge is 2.20. The number of carbonyl (C=O) groups is 1. The lowest BCUT2D eigenvalue weighted by Gasteiger charge is -2.23. The molecule has 0 radical (unpaired) electrons. The molecular weight excluding hydrogens is 388 g/mol. The molecule has 31 heavy (non-hydrogen) atoms. The molecule has 0 bridgehead atoms. The van der Waals surface area contributed by atoms with Gasteiger partial charge in [0, 0.05) is 22.3 Å². The van der Waals surface area contributed by atoms with E-state index in [1.54, 1.807) is 24.1 Å². The molecule has 1 N–H and O–H groups in total. The highest BCUT2D eigenvalue weighted by Crippen LogP contribution is 2.24. The number of aromatic nitrogens is 1. The predicted molar refractivity (Wildman–Crippen MR) is 124 cm³/mol. The van der Waals surface area contributed by atoms with Gasteiger partial charge in [0.05, 0.1) is 13.7 Å². The highest BCUT2D eigenvalue weighted by atomic mass is 16.5. The van der Waals surface area contributed by atoms with Gasteiger partial charge in [0.1, 0.15) is 5.75 Å². The van der Waals surface area contributed by atoms with Crippen LogP contribution in [-0.2, 0) is 6.54 Å². The van der Waals surface area contributed by atoms with Gasteiger partial charge in [0.25, 0.3) is 11.5 Å². The molecule has 4 rings (SSSR count). The van der Waals surface area contributed by atoms with Crippen molar-refractivity contribution in [3.63, 3.8) is 0 Å². The Bertz CT molecular complexity index is 1290. The minimum atomic E-state index is -0.202. The number of amides is 1. The molecule has 5 nitrogen and oxygen atoms in total. The quantitative estimate of drug-likeness (QED) is 0.502. The molecule has 4 aromatic rings. The van der Waals surface area contributed by atoms with E-state index in [-0.39, 0.29) is 18.0 Å². The van der Waals surface area contributed by atoms with Crippen molar-refractivity contribution in [2.24, 2.45) is 0 Å². The Balaban J connectivity index is 1.77. The second-order valence-electron chi connectivity index (χ2n) is 7.67. The maximum atomic E-state index is 13.4. The number of nitrogens with zero attached hydrogens (tertiary/aromatic N) is 1. The van der Waals surface area contributed by atoms with Crippen LogP contribution in [0.3, 0.4) is 0 Å². The van der Waals surface area contributed by atoms with Crippen molar-refractivity contribution in [3.05, 3.63) is 105 Å². The molecule has 0 aliphatic heterocycles. The van der Waals surface area contributed by atoms with E-state index in [1.807, 2.05) is 74.5 Å². The third-order valence-electron chi connectivity index (χ3n) is 5.33. The largest absolute Gasteiger partial charge is 0.497 e. The zero-order valence-corrected chi connectivity index (χ0v) is 17.8. The van der Waals surface area contributed by atoms with Gasteiger partial charge in [-0.2, -0.15) is 0 Å². The fourth-order valence-corrected chi connectivity index (χ4v) is 3.55. The molecule has 0 unspecified atom stereocenters. The van der Waals surface area contributed by atoms with Crippen LogP contribution >= 0.6 is 0 Å². The van der Waals surface area contributed by atoms with Crippen molar-refractivity contribution in [1.29, 1.82) is 0 Å². The number of H-pyrrole nitrogens is 1. The number of ether oxygens (including phenoxy) is 1. The van der Waals surface area contributed by atoms with Crippen LogP contribution in [0, 0.1) is 13.8 Å². The number of aryl methyl sites for hydroxylation is 2. The van der Waals surface area contributed by atoms with Crippen LogP contribution < -0.4 is 15.2 Å². The van der Waals surface area contributed by atoms with Crippen molar-refractivity contribution in [2.45, 2.75) is 20.4 Å². The number of anilines is 1. The zero-order chi connectivity index (χ0) is 22.0. The van der Waals surface area contributed by atoms with Crippen LogP contribution in [-0.4, -0.2) is 18.0 Å². The topological polar surface area (TPSA) is 62.4 Å². The molecule has 0 saturated heterocycles. The summed E-state index contributed by atoms with van der Waals surface area (Å²) in [7, 11) is 1.60. The number of nitrogens with one attached hydrogen (secondary N) is 1. The van der Waals surface area contributed by atoms with Gasteiger partial charge in [-0.3, -0.25) is 9.59 Å². The lowest BCUT2D eigenvalue weighted by Crippen LogP contribution is -2.32. The molecule has 3 aromatic carbocycles. The van der Waals surface area contributed by atoms with E-state index in [1.165, 1.54) is 0 Å². The summed E-state index contributed by atoms with van der Waals surface area (Å²) in [6, 6.07) is 22.4. The predicted octanol–water partition coefficient (Wildman–Crippen LogP) is 5.00. The van der Waals surface area contributed by atoms with Gasteiger partial charge >= 0.3 is 0 Å². The summed E-state index contributed by atoms with van der Waals surface area (Å²) < 4.78 is 5.25. The van der Waals surface area contributed by atoms with E-state index in [0.29, 0.717) is 22.6 Å². The first-order valence-corrected chi connectivity index (χ1v) is 10.1. The van der Waals surface area contributed by atoms with E-state index in [4.69, 9.17) is 4.74 Å². The summed E-state index contributed by atoms with van der Waals surface area (Å²) >= 11 is 0. The first-order valence-electron chi connectivity index (χ1n) is 10.1. The van der Waals surface area contributed by atoms with Crippen molar-refractivity contribution in [2.75, 3.05) is 12.0 Å². The number of hydrogen-bond acceptors (Lipinski definition) is 3. The molecular formula is C26H24N2O3. The van der Waals surface area contributed by atoms with Crippen molar-refractivity contribution < 1.29 is 9.53 Å². The number of hydrogen-bond donors (Lipinski definition) is 1. The Morgan fingerprint density at radius 1 is 0.903 bits per heavy atom. The second kappa shape index (κ2) is 8.48. The minimum Gasteiger partial charge on any atom is -0.497 e. The normalized spacial score (nSPS) is 10.8. The number of rotatable bonds is 5. The van der Waals surface area contributed by atoms with E-state index in [2.05, 4.69) is 4.98 Å². The van der Waals surface area contributed by atoms with Crippen LogP contribution in [0.2, 0.25) is 0 Å². The van der Waals surface area contributed by atoms with Crippen molar-refractivity contribution in [1.82, 2.24) is 4.98 Å². The maximum absolute atomic E-state index is 13.4. The minimum absolute atomic E-state index is 0.151. The molecule has 0 aliphatic rings. The van der Waals surface area contributed by atoms with Crippen LogP contribution in [0.15, 0.2) is 77.6 Å². The van der Waals surface area contributed by atoms with E-state index in [9.17, 15) is 9.59 Å².